The average Bonchev–Trinajstić information content (AvgIpc) is 3.84. The second-order valence-corrected chi connectivity index (χ2v) is 17.4. The number of aromatic nitrogens is 3. The Hall–Kier alpha value is -6.59. The Morgan fingerprint density at radius 1 is 0.414 bits per heavy atom. The summed E-state index contributed by atoms with van der Waals surface area (Å²) in [7, 11) is 0. The molecular weight excluding hydrogens is 711 g/mol. The van der Waals surface area contributed by atoms with Gasteiger partial charge in [0.15, 0.2) is 17.5 Å². The highest BCUT2D eigenvalue weighted by atomic mass is 16.3. The highest BCUT2D eigenvalue weighted by molar-refractivity contribution is 6.11. The zero-order chi connectivity index (χ0) is 38.0. The summed E-state index contributed by atoms with van der Waals surface area (Å²) < 4.78 is 13.2. The minimum atomic E-state index is 0.399. The fourth-order valence-electron chi connectivity index (χ4n) is 11.6. The van der Waals surface area contributed by atoms with Crippen LogP contribution in [0.3, 0.4) is 0 Å². The normalized spacial score (nSPS) is 21.3. The second-order valence-electron chi connectivity index (χ2n) is 17.4. The Labute approximate surface area is 335 Å². The number of fused-ring (bicyclic) bond motifs is 7. The Morgan fingerprint density at radius 2 is 0.966 bits per heavy atom. The molecule has 0 N–H and O–H groups in total. The summed E-state index contributed by atoms with van der Waals surface area (Å²) in [6, 6.07) is 51.5. The third-order valence-corrected chi connectivity index (χ3v) is 13.9. The molecule has 5 nitrogen and oxygen atoms in total. The van der Waals surface area contributed by atoms with Crippen molar-refractivity contribution in [3.05, 3.63) is 151 Å². The lowest BCUT2D eigenvalue weighted by molar-refractivity contribution is -0.00518. The Kier molecular flexibility index (Phi) is 6.84. The van der Waals surface area contributed by atoms with Gasteiger partial charge in [-0.15, -0.1) is 0 Å². The van der Waals surface area contributed by atoms with E-state index in [1.165, 1.54) is 49.7 Å². The fourth-order valence-corrected chi connectivity index (χ4v) is 11.6. The minimum absolute atomic E-state index is 0.399. The van der Waals surface area contributed by atoms with Crippen molar-refractivity contribution in [3.8, 4) is 45.3 Å². The molecule has 0 aliphatic heterocycles. The summed E-state index contributed by atoms with van der Waals surface area (Å²) in [5.41, 5.74) is 10.1. The van der Waals surface area contributed by atoms with Crippen LogP contribution in [0.1, 0.15) is 44.1 Å². The topological polar surface area (TPSA) is 65.0 Å². The molecular formula is C53H39N3O2. The van der Waals surface area contributed by atoms with E-state index in [1.54, 1.807) is 5.56 Å². The number of hydrogen-bond donors (Lipinski definition) is 0. The summed E-state index contributed by atoms with van der Waals surface area (Å²) >= 11 is 0. The summed E-state index contributed by atoms with van der Waals surface area (Å²) in [6.45, 7) is 0. The van der Waals surface area contributed by atoms with E-state index in [9.17, 15) is 0 Å². The predicted molar refractivity (Wildman–Crippen MR) is 233 cm³/mol. The van der Waals surface area contributed by atoms with E-state index in [0.717, 1.165) is 89.1 Å². The molecule has 7 aromatic carbocycles. The standard InChI is InChI=1S/C53H39N3O2/c1-2-8-36-26-38(16-15-34(36)7-1)50-54-51(43-12-5-10-41-40-9-3-4-14-46(40)57-48(41)43)56-52(55-50)44-13-6-11-42-45-27-37(19-22-47(45)58-49(42)44)35-17-20-39(21-18-35)53-28-31-23-32(29-53)25-33(24-31)30-53/h1-22,26-27,31-33H,23-25,28-30H2. The van der Waals surface area contributed by atoms with Crippen LogP contribution >= 0.6 is 0 Å². The summed E-state index contributed by atoms with van der Waals surface area (Å²) in [5.74, 6) is 4.50. The van der Waals surface area contributed by atoms with Crippen LogP contribution in [0.2, 0.25) is 0 Å². The lowest BCUT2D eigenvalue weighted by Gasteiger charge is -2.57. The molecule has 278 valence electrons. The number of para-hydroxylation sites is 3. The largest absolute Gasteiger partial charge is 0.455 e. The zero-order valence-corrected chi connectivity index (χ0v) is 32.0. The molecule has 0 atom stereocenters. The average molecular weight is 750 g/mol. The third-order valence-electron chi connectivity index (χ3n) is 13.9. The van der Waals surface area contributed by atoms with Gasteiger partial charge in [-0.1, -0.05) is 109 Å². The monoisotopic (exact) mass is 749 g/mol. The number of benzene rings is 7. The van der Waals surface area contributed by atoms with Crippen molar-refractivity contribution < 1.29 is 8.83 Å². The molecule has 3 heterocycles. The molecule has 4 aliphatic rings. The lowest BCUT2D eigenvalue weighted by Crippen LogP contribution is -2.48. The van der Waals surface area contributed by atoms with Crippen molar-refractivity contribution in [1.29, 1.82) is 0 Å². The highest BCUT2D eigenvalue weighted by Gasteiger charge is 2.51. The highest BCUT2D eigenvalue weighted by Crippen LogP contribution is 2.60. The number of rotatable bonds is 5. The summed E-state index contributed by atoms with van der Waals surface area (Å²) in [5, 5.41) is 6.50. The lowest BCUT2D eigenvalue weighted by atomic mass is 9.48. The van der Waals surface area contributed by atoms with Gasteiger partial charge in [0.1, 0.15) is 22.3 Å². The van der Waals surface area contributed by atoms with Crippen LogP contribution in [0.5, 0.6) is 0 Å². The first-order chi connectivity index (χ1) is 28.6. The van der Waals surface area contributed by atoms with E-state index in [2.05, 4.69) is 115 Å². The molecule has 4 fully saturated rings. The molecule has 5 heteroatoms. The zero-order valence-electron chi connectivity index (χ0n) is 32.0. The Bertz CT molecular complexity index is 3250. The molecule has 4 saturated carbocycles. The third kappa shape index (κ3) is 4.98. The van der Waals surface area contributed by atoms with Gasteiger partial charge in [0, 0.05) is 27.1 Å². The molecule has 4 aliphatic carbocycles. The van der Waals surface area contributed by atoms with E-state index in [1.807, 2.05) is 30.3 Å². The van der Waals surface area contributed by atoms with Gasteiger partial charge in [0.25, 0.3) is 0 Å². The molecule has 0 spiro atoms. The SMILES string of the molecule is c1ccc2cc(-c3nc(-c4cccc5c4oc4ccccc45)nc(-c4cccc5c4oc4ccc(-c6ccc(C78CC9CC(CC(C9)C7)C8)cc6)cc45)n3)ccc2c1. The van der Waals surface area contributed by atoms with Crippen LogP contribution in [0.4, 0.5) is 0 Å². The van der Waals surface area contributed by atoms with Crippen LogP contribution in [0.15, 0.2) is 154 Å². The smallest absolute Gasteiger partial charge is 0.167 e. The minimum Gasteiger partial charge on any atom is -0.455 e. The van der Waals surface area contributed by atoms with Gasteiger partial charge in [0.2, 0.25) is 0 Å². The molecule has 0 saturated heterocycles. The van der Waals surface area contributed by atoms with Gasteiger partial charge in [-0.3, -0.25) is 0 Å². The summed E-state index contributed by atoms with van der Waals surface area (Å²) in [6.07, 6.45) is 8.56. The van der Waals surface area contributed by atoms with Gasteiger partial charge in [-0.2, -0.15) is 0 Å². The van der Waals surface area contributed by atoms with Crippen LogP contribution in [0, 0.1) is 17.8 Å². The van der Waals surface area contributed by atoms with E-state index < -0.39 is 0 Å². The van der Waals surface area contributed by atoms with Gasteiger partial charge in [-0.05, 0) is 126 Å². The Morgan fingerprint density at radius 3 is 1.67 bits per heavy atom. The second kappa shape index (κ2) is 12.2. The van der Waals surface area contributed by atoms with Crippen molar-refractivity contribution in [3.63, 3.8) is 0 Å². The molecule has 0 amide bonds. The first kappa shape index (κ1) is 32.5. The number of furan rings is 2. The molecule has 3 aromatic heterocycles. The molecule has 0 radical (unpaired) electrons. The predicted octanol–water partition coefficient (Wildman–Crippen LogP) is 14.0. The number of nitrogens with zero attached hydrogens (tertiary/aromatic N) is 3. The van der Waals surface area contributed by atoms with Gasteiger partial charge in [0.05, 0.1) is 11.1 Å². The first-order valence-corrected chi connectivity index (χ1v) is 20.8. The molecule has 0 unspecified atom stereocenters. The molecule has 14 rings (SSSR count). The van der Waals surface area contributed by atoms with E-state index in [4.69, 9.17) is 23.8 Å². The van der Waals surface area contributed by atoms with E-state index in [0.29, 0.717) is 22.9 Å². The van der Waals surface area contributed by atoms with Crippen LogP contribution in [-0.2, 0) is 5.41 Å². The van der Waals surface area contributed by atoms with Crippen molar-refractivity contribution in [2.24, 2.45) is 17.8 Å². The maximum atomic E-state index is 6.73. The van der Waals surface area contributed by atoms with Crippen LogP contribution in [-0.4, -0.2) is 15.0 Å². The van der Waals surface area contributed by atoms with Crippen molar-refractivity contribution >= 4 is 54.6 Å². The van der Waals surface area contributed by atoms with Crippen LogP contribution < -0.4 is 0 Å². The quantitative estimate of drug-likeness (QED) is 0.175. The summed E-state index contributed by atoms with van der Waals surface area (Å²) in [4.78, 5) is 15.5. The van der Waals surface area contributed by atoms with Crippen molar-refractivity contribution in [1.82, 2.24) is 15.0 Å². The van der Waals surface area contributed by atoms with Gasteiger partial charge < -0.3 is 8.83 Å². The molecule has 10 aromatic rings. The number of hydrogen-bond acceptors (Lipinski definition) is 5. The van der Waals surface area contributed by atoms with E-state index >= 15 is 0 Å². The first-order valence-electron chi connectivity index (χ1n) is 20.8. The van der Waals surface area contributed by atoms with E-state index in [-0.39, 0.29) is 0 Å². The molecule has 58 heavy (non-hydrogen) atoms. The Balaban J connectivity index is 0.937. The van der Waals surface area contributed by atoms with Gasteiger partial charge >= 0.3 is 0 Å². The fraction of sp³-hybridized carbons (Fsp3) is 0.189. The maximum absolute atomic E-state index is 6.73. The van der Waals surface area contributed by atoms with Crippen molar-refractivity contribution in [2.75, 3.05) is 0 Å². The van der Waals surface area contributed by atoms with Crippen molar-refractivity contribution in [2.45, 2.75) is 43.9 Å². The van der Waals surface area contributed by atoms with Crippen LogP contribution in [0.25, 0.3) is 99.9 Å². The van der Waals surface area contributed by atoms with Gasteiger partial charge in [-0.25, -0.2) is 15.0 Å². The molecule has 4 bridgehead atoms. The maximum Gasteiger partial charge on any atom is 0.167 e.